The van der Waals surface area contributed by atoms with E-state index in [1.807, 2.05) is 6.92 Å². The first kappa shape index (κ1) is 17.0. The Bertz CT molecular complexity index is 1100. The van der Waals surface area contributed by atoms with Crippen molar-refractivity contribution in [3.63, 3.8) is 0 Å². The highest BCUT2D eigenvalue weighted by Crippen LogP contribution is 2.27. The van der Waals surface area contributed by atoms with Crippen molar-refractivity contribution in [1.82, 2.24) is 20.0 Å². The predicted octanol–water partition coefficient (Wildman–Crippen LogP) is 3.90. The van der Waals surface area contributed by atoms with E-state index in [9.17, 15) is 8.78 Å². The van der Waals surface area contributed by atoms with E-state index in [0.29, 0.717) is 17.4 Å². The first-order valence-electron chi connectivity index (χ1n) is 8.00. The van der Waals surface area contributed by atoms with E-state index in [1.165, 1.54) is 6.07 Å². The zero-order chi connectivity index (χ0) is 19.0. The topological polar surface area (TPSA) is 79.1 Å². The van der Waals surface area contributed by atoms with Gasteiger partial charge in [0.05, 0.1) is 11.3 Å². The molecule has 0 saturated heterocycles. The molecule has 0 bridgehead atoms. The summed E-state index contributed by atoms with van der Waals surface area (Å²) in [4.78, 5) is 0. The fourth-order valence-corrected chi connectivity index (χ4v) is 2.55. The Morgan fingerprint density at radius 3 is 2.63 bits per heavy atom. The fourth-order valence-electron chi connectivity index (χ4n) is 2.55. The van der Waals surface area contributed by atoms with Crippen LogP contribution in [-0.4, -0.2) is 20.0 Å². The molecule has 1 aromatic carbocycles. The van der Waals surface area contributed by atoms with Crippen molar-refractivity contribution >= 4 is 0 Å². The molecule has 0 amide bonds. The van der Waals surface area contributed by atoms with Crippen molar-refractivity contribution in [2.75, 3.05) is 0 Å². The minimum atomic E-state index is -0.782. The van der Waals surface area contributed by atoms with E-state index in [2.05, 4.69) is 15.3 Å². The highest BCUT2D eigenvalue weighted by molar-refractivity contribution is 5.56. The molecule has 0 atom stereocenters. The van der Waals surface area contributed by atoms with Gasteiger partial charge in [-0.3, -0.25) is 4.68 Å². The Labute approximate surface area is 152 Å². The van der Waals surface area contributed by atoms with Crippen LogP contribution in [0, 0.1) is 18.6 Å². The predicted molar refractivity (Wildman–Crippen MR) is 89.6 cm³/mol. The summed E-state index contributed by atoms with van der Waals surface area (Å²) < 4.78 is 44.7. The van der Waals surface area contributed by atoms with Crippen LogP contribution >= 0.6 is 0 Å². The van der Waals surface area contributed by atoms with E-state index in [1.54, 1.807) is 30.1 Å². The number of rotatable bonds is 5. The molecule has 3 aromatic heterocycles. The van der Waals surface area contributed by atoms with Crippen molar-refractivity contribution in [2.24, 2.45) is 7.05 Å². The third-order valence-corrected chi connectivity index (χ3v) is 3.81. The van der Waals surface area contributed by atoms with E-state index < -0.39 is 11.6 Å². The fraction of sp³-hybridized carbons (Fsp3) is 0.167. The van der Waals surface area contributed by atoms with Crippen LogP contribution in [-0.2, 0) is 13.7 Å². The molecule has 0 aliphatic heterocycles. The molecule has 0 fully saturated rings. The minimum absolute atomic E-state index is 0.0364. The molecular weight excluding hydrogens is 358 g/mol. The van der Waals surface area contributed by atoms with Gasteiger partial charge in [-0.05, 0) is 31.2 Å². The van der Waals surface area contributed by atoms with E-state index in [-0.39, 0.29) is 18.2 Å². The highest BCUT2D eigenvalue weighted by atomic mass is 19.1. The molecule has 7 nitrogen and oxygen atoms in total. The quantitative estimate of drug-likeness (QED) is 0.529. The molecule has 4 rings (SSSR count). The van der Waals surface area contributed by atoms with Gasteiger partial charge in [-0.2, -0.15) is 5.10 Å². The summed E-state index contributed by atoms with van der Waals surface area (Å²) in [5.41, 5.74) is 1.50. The lowest BCUT2D eigenvalue weighted by atomic mass is 10.3. The van der Waals surface area contributed by atoms with E-state index in [0.717, 1.165) is 23.4 Å². The second-order valence-corrected chi connectivity index (χ2v) is 5.84. The van der Waals surface area contributed by atoms with Gasteiger partial charge < -0.3 is 13.6 Å². The Morgan fingerprint density at radius 1 is 1.07 bits per heavy atom. The summed E-state index contributed by atoms with van der Waals surface area (Å²) in [7, 11) is 1.80. The molecule has 0 N–H and O–H groups in total. The van der Waals surface area contributed by atoms with Crippen LogP contribution in [0.25, 0.3) is 23.1 Å². The van der Waals surface area contributed by atoms with Crippen LogP contribution in [0.2, 0.25) is 0 Å². The maximum atomic E-state index is 13.6. The Morgan fingerprint density at radius 2 is 1.89 bits per heavy atom. The normalized spacial score (nSPS) is 11.1. The number of nitrogens with zero attached hydrogens (tertiary/aromatic N) is 4. The van der Waals surface area contributed by atoms with E-state index in [4.69, 9.17) is 13.6 Å². The van der Waals surface area contributed by atoms with Crippen molar-refractivity contribution < 1.29 is 22.4 Å². The number of hydrogen-bond acceptors (Lipinski definition) is 6. The number of furan rings is 1. The molecule has 9 heteroatoms. The van der Waals surface area contributed by atoms with Gasteiger partial charge in [0.2, 0.25) is 0 Å². The average molecular weight is 372 g/mol. The highest BCUT2D eigenvalue weighted by Gasteiger charge is 2.17. The smallest absolute Gasteiger partial charge is 0.283 e. The zero-order valence-corrected chi connectivity index (χ0v) is 14.4. The standard InChI is InChI=1S/C18H14F2N4O3/c1-10-13(8-24(2)23-10)17-21-22-18(27-17)16-6-4-12(26-16)9-25-15-5-3-11(19)7-14(15)20/h3-8H,9H2,1-2H3. The van der Waals surface area contributed by atoms with Gasteiger partial charge in [0, 0.05) is 19.3 Å². The monoisotopic (exact) mass is 372 g/mol. The molecular formula is C18H14F2N4O3. The van der Waals surface area contributed by atoms with Gasteiger partial charge in [-0.25, -0.2) is 8.78 Å². The van der Waals surface area contributed by atoms with Gasteiger partial charge >= 0.3 is 0 Å². The third-order valence-electron chi connectivity index (χ3n) is 3.81. The maximum absolute atomic E-state index is 13.6. The molecule has 138 valence electrons. The number of hydrogen-bond donors (Lipinski definition) is 0. The molecule has 0 aliphatic carbocycles. The van der Waals surface area contributed by atoms with Crippen molar-refractivity contribution in [3.8, 4) is 28.9 Å². The third kappa shape index (κ3) is 3.43. The Balaban J connectivity index is 1.49. The lowest BCUT2D eigenvalue weighted by molar-refractivity contribution is 0.258. The summed E-state index contributed by atoms with van der Waals surface area (Å²) in [6.45, 7) is 1.81. The number of aromatic nitrogens is 4. The first-order valence-corrected chi connectivity index (χ1v) is 8.00. The van der Waals surface area contributed by atoms with Crippen molar-refractivity contribution in [3.05, 3.63) is 59.6 Å². The van der Waals surface area contributed by atoms with Gasteiger partial charge in [0.15, 0.2) is 17.3 Å². The molecule has 0 radical (unpaired) electrons. The largest absolute Gasteiger partial charge is 0.483 e. The van der Waals surface area contributed by atoms with Crippen LogP contribution in [0.5, 0.6) is 5.75 Å². The first-order chi connectivity index (χ1) is 13.0. The van der Waals surface area contributed by atoms with Crippen molar-refractivity contribution in [1.29, 1.82) is 0 Å². The number of halogens is 2. The van der Waals surface area contributed by atoms with Gasteiger partial charge in [-0.1, -0.05) is 0 Å². The summed E-state index contributed by atoms with van der Waals surface area (Å²) in [5.74, 6) is -0.210. The molecule has 0 unspecified atom stereocenters. The Hall–Kier alpha value is -3.49. The average Bonchev–Trinajstić information content (AvgIpc) is 3.33. The number of ether oxygens (including phenoxy) is 1. The van der Waals surface area contributed by atoms with Gasteiger partial charge in [0.1, 0.15) is 18.2 Å². The van der Waals surface area contributed by atoms with Crippen LogP contribution < -0.4 is 4.74 Å². The molecule has 4 aromatic rings. The second-order valence-electron chi connectivity index (χ2n) is 5.84. The number of benzene rings is 1. The summed E-state index contributed by atoms with van der Waals surface area (Å²) in [6, 6.07) is 6.38. The zero-order valence-electron chi connectivity index (χ0n) is 14.4. The second kappa shape index (κ2) is 6.67. The van der Waals surface area contributed by atoms with Crippen LogP contribution in [0.3, 0.4) is 0 Å². The summed E-state index contributed by atoms with van der Waals surface area (Å²) in [5, 5.41) is 12.2. The lowest BCUT2D eigenvalue weighted by Gasteiger charge is -2.05. The Kier molecular flexibility index (Phi) is 4.19. The van der Waals surface area contributed by atoms with E-state index >= 15 is 0 Å². The molecule has 0 saturated carbocycles. The minimum Gasteiger partial charge on any atom is -0.483 e. The summed E-state index contributed by atoms with van der Waals surface area (Å²) >= 11 is 0. The maximum Gasteiger partial charge on any atom is 0.283 e. The molecule has 0 spiro atoms. The van der Waals surface area contributed by atoms with Crippen molar-refractivity contribution in [2.45, 2.75) is 13.5 Å². The molecule has 3 heterocycles. The van der Waals surface area contributed by atoms with Gasteiger partial charge in [-0.15, -0.1) is 10.2 Å². The van der Waals surface area contributed by atoms with Crippen LogP contribution in [0.1, 0.15) is 11.5 Å². The molecule has 27 heavy (non-hydrogen) atoms. The van der Waals surface area contributed by atoms with Gasteiger partial charge in [0.25, 0.3) is 11.8 Å². The van der Waals surface area contributed by atoms with Crippen LogP contribution in [0.4, 0.5) is 8.78 Å². The summed E-state index contributed by atoms with van der Waals surface area (Å²) in [6.07, 6.45) is 1.78. The van der Waals surface area contributed by atoms with Crippen LogP contribution in [0.15, 0.2) is 45.4 Å². The lowest BCUT2D eigenvalue weighted by Crippen LogP contribution is -1.96. The molecule has 0 aliphatic rings. The SMILES string of the molecule is Cc1nn(C)cc1-c1nnc(-c2ccc(COc3ccc(F)cc3F)o2)o1. The number of aryl methyl sites for hydroxylation is 2.